The summed E-state index contributed by atoms with van der Waals surface area (Å²) in [5, 5.41) is 10.4. The molecule has 1 saturated heterocycles. The summed E-state index contributed by atoms with van der Waals surface area (Å²) in [5.41, 5.74) is 0.116. The Morgan fingerprint density at radius 2 is 1.93 bits per heavy atom. The van der Waals surface area contributed by atoms with Crippen LogP contribution < -0.4 is 0 Å². The van der Waals surface area contributed by atoms with E-state index in [0.29, 0.717) is 12.1 Å². The lowest BCUT2D eigenvalue weighted by atomic mass is 9.72. The summed E-state index contributed by atoms with van der Waals surface area (Å²) >= 11 is 0. The van der Waals surface area contributed by atoms with E-state index in [2.05, 4.69) is 25.7 Å². The monoisotopic (exact) mass is 211 g/mol. The van der Waals surface area contributed by atoms with Crippen LogP contribution >= 0.6 is 0 Å². The second-order valence-electron chi connectivity index (χ2n) is 6.12. The Morgan fingerprint density at radius 1 is 1.20 bits per heavy atom. The van der Waals surface area contributed by atoms with E-state index in [1.807, 2.05) is 0 Å². The van der Waals surface area contributed by atoms with E-state index >= 15 is 0 Å². The van der Waals surface area contributed by atoms with Crippen LogP contribution in [0.5, 0.6) is 0 Å². The molecule has 0 aromatic heterocycles. The lowest BCUT2D eigenvalue weighted by Gasteiger charge is -2.45. The van der Waals surface area contributed by atoms with Gasteiger partial charge < -0.3 is 5.11 Å². The quantitative estimate of drug-likeness (QED) is 0.720. The smallest absolute Gasteiger partial charge is 0.0746 e. The van der Waals surface area contributed by atoms with Crippen molar-refractivity contribution in [3.63, 3.8) is 0 Å². The Balaban J connectivity index is 2.08. The number of hydrogen-bond acceptors (Lipinski definition) is 2. The van der Waals surface area contributed by atoms with E-state index in [9.17, 15) is 5.11 Å². The molecular formula is C13H25NO. The van der Waals surface area contributed by atoms with Gasteiger partial charge in [-0.2, -0.15) is 0 Å². The largest absolute Gasteiger partial charge is 0.391 e. The molecule has 3 unspecified atom stereocenters. The van der Waals surface area contributed by atoms with Crippen molar-refractivity contribution in [2.45, 2.75) is 71.1 Å². The predicted octanol–water partition coefficient (Wildman–Crippen LogP) is 2.41. The summed E-state index contributed by atoms with van der Waals surface area (Å²) in [6, 6.07) is 1.10. The fourth-order valence-electron chi connectivity index (χ4n) is 3.39. The lowest BCUT2D eigenvalue weighted by Crippen LogP contribution is -2.53. The molecule has 0 radical (unpaired) electrons. The highest BCUT2D eigenvalue weighted by atomic mass is 16.3. The van der Waals surface area contributed by atoms with Crippen molar-refractivity contribution in [1.29, 1.82) is 0 Å². The third-order valence-corrected chi connectivity index (χ3v) is 4.52. The van der Waals surface area contributed by atoms with E-state index in [-0.39, 0.29) is 11.5 Å². The minimum absolute atomic E-state index is 0.116. The highest BCUT2D eigenvalue weighted by Gasteiger charge is 2.42. The van der Waals surface area contributed by atoms with Crippen LogP contribution in [0.25, 0.3) is 0 Å². The lowest BCUT2D eigenvalue weighted by molar-refractivity contribution is -0.0592. The highest BCUT2D eigenvalue weighted by Crippen LogP contribution is 2.39. The van der Waals surface area contributed by atoms with Crippen LogP contribution in [0.1, 0.15) is 52.9 Å². The van der Waals surface area contributed by atoms with Crippen LogP contribution in [-0.4, -0.2) is 34.7 Å². The van der Waals surface area contributed by atoms with Gasteiger partial charge >= 0.3 is 0 Å². The standard InChI is InChI=1S/C13H25NO/c1-10-6-5-9-14(10)11-7-4-8-13(2,3)12(11)15/h10-12,15H,4-9H2,1-3H3. The summed E-state index contributed by atoms with van der Waals surface area (Å²) < 4.78 is 0. The van der Waals surface area contributed by atoms with Gasteiger partial charge in [-0.1, -0.05) is 20.3 Å². The Hall–Kier alpha value is -0.0800. The number of aliphatic hydroxyl groups excluding tert-OH is 1. The summed E-state index contributed by atoms with van der Waals surface area (Å²) in [6.45, 7) is 7.93. The molecule has 0 spiro atoms. The van der Waals surface area contributed by atoms with Gasteiger partial charge in [-0.15, -0.1) is 0 Å². The van der Waals surface area contributed by atoms with Crippen LogP contribution in [0, 0.1) is 5.41 Å². The van der Waals surface area contributed by atoms with Crippen LogP contribution in [0.2, 0.25) is 0 Å². The normalized spacial score (nSPS) is 42.0. The fraction of sp³-hybridized carbons (Fsp3) is 1.00. The Kier molecular flexibility index (Phi) is 3.09. The van der Waals surface area contributed by atoms with Crippen molar-refractivity contribution in [1.82, 2.24) is 4.90 Å². The first kappa shape index (κ1) is 11.4. The fourth-order valence-corrected chi connectivity index (χ4v) is 3.39. The van der Waals surface area contributed by atoms with Crippen LogP contribution in [-0.2, 0) is 0 Å². The maximum Gasteiger partial charge on any atom is 0.0746 e. The molecule has 2 heteroatoms. The van der Waals surface area contributed by atoms with Crippen molar-refractivity contribution in [3.8, 4) is 0 Å². The molecule has 1 N–H and O–H groups in total. The van der Waals surface area contributed by atoms with Gasteiger partial charge in [-0.25, -0.2) is 0 Å². The summed E-state index contributed by atoms with van der Waals surface area (Å²) in [4.78, 5) is 2.55. The van der Waals surface area contributed by atoms with E-state index in [1.165, 1.54) is 38.6 Å². The van der Waals surface area contributed by atoms with Crippen molar-refractivity contribution in [2.75, 3.05) is 6.54 Å². The molecule has 3 atom stereocenters. The number of nitrogens with zero attached hydrogens (tertiary/aromatic N) is 1. The summed E-state index contributed by atoms with van der Waals surface area (Å²) in [7, 11) is 0. The molecule has 1 saturated carbocycles. The Morgan fingerprint density at radius 3 is 2.53 bits per heavy atom. The zero-order valence-corrected chi connectivity index (χ0v) is 10.4. The van der Waals surface area contributed by atoms with E-state index in [1.54, 1.807) is 0 Å². The Bertz CT molecular complexity index is 225. The van der Waals surface area contributed by atoms with Gasteiger partial charge in [0.05, 0.1) is 6.10 Å². The minimum Gasteiger partial charge on any atom is -0.391 e. The molecule has 2 fully saturated rings. The molecule has 0 bridgehead atoms. The zero-order chi connectivity index (χ0) is 11.1. The van der Waals surface area contributed by atoms with Gasteiger partial charge in [0, 0.05) is 12.1 Å². The maximum absolute atomic E-state index is 10.4. The SMILES string of the molecule is CC1CCCN1C1CCCC(C)(C)C1O. The molecule has 1 aliphatic carbocycles. The number of hydrogen-bond donors (Lipinski definition) is 1. The molecule has 1 aliphatic heterocycles. The number of aliphatic hydroxyl groups is 1. The van der Waals surface area contributed by atoms with Crippen molar-refractivity contribution in [3.05, 3.63) is 0 Å². The topological polar surface area (TPSA) is 23.5 Å². The third kappa shape index (κ3) is 2.07. The number of likely N-dealkylation sites (tertiary alicyclic amines) is 1. The first-order valence-electron chi connectivity index (χ1n) is 6.46. The van der Waals surface area contributed by atoms with Crippen LogP contribution in [0.4, 0.5) is 0 Å². The summed E-state index contributed by atoms with van der Waals surface area (Å²) in [5.74, 6) is 0. The maximum atomic E-state index is 10.4. The van der Waals surface area contributed by atoms with Crippen LogP contribution in [0.3, 0.4) is 0 Å². The molecule has 88 valence electrons. The summed E-state index contributed by atoms with van der Waals surface area (Å²) in [6.07, 6.45) is 6.13. The first-order chi connectivity index (χ1) is 7.02. The third-order valence-electron chi connectivity index (χ3n) is 4.52. The average Bonchev–Trinajstić information content (AvgIpc) is 2.57. The first-order valence-corrected chi connectivity index (χ1v) is 6.46. The van der Waals surface area contributed by atoms with Gasteiger partial charge in [-0.05, 0) is 44.6 Å². The van der Waals surface area contributed by atoms with E-state index < -0.39 is 0 Å². The molecule has 2 rings (SSSR count). The second kappa shape index (κ2) is 4.06. The number of rotatable bonds is 1. The van der Waals surface area contributed by atoms with Gasteiger partial charge in [0.1, 0.15) is 0 Å². The van der Waals surface area contributed by atoms with E-state index in [4.69, 9.17) is 0 Å². The van der Waals surface area contributed by atoms with Gasteiger partial charge in [0.15, 0.2) is 0 Å². The van der Waals surface area contributed by atoms with Crippen LogP contribution in [0.15, 0.2) is 0 Å². The predicted molar refractivity (Wildman–Crippen MR) is 62.8 cm³/mol. The minimum atomic E-state index is -0.133. The molecule has 15 heavy (non-hydrogen) atoms. The van der Waals surface area contributed by atoms with Crippen molar-refractivity contribution >= 4 is 0 Å². The van der Waals surface area contributed by atoms with Crippen molar-refractivity contribution < 1.29 is 5.11 Å². The zero-order valence-electron chi connectivity index (χ0n) is 10.4. The molecule has 1 heterocycles. The molecule has 0 amide bonds. The van der Waals surface area contributed by atoms with Gasteiger partial charge in [0.2, 0.25) is 0 Å². The molecule has 2 nitrogen and oxygen atoms in total. The molecule has 2 aliphatic rings. The van der Waals surface area contributed by atoms with Gasteiger partial charge in [-0.3, -0.25) is 4.90 Å². The molecule has 0 aromatic rings. The van der Waals surface area contributed by atoms with E-state index in [0.717, 1.165) is 0 Å². The Labute approximate surface area is 93.7 Å². The molecular weight excluding hydrogens is 186 g/mol. The molecule has 0 aromatic carbocycles. The second-order valence-corrected chi connectivity index (χ2v) is 6.12. The highest BCUT2D eigenvalue weighted by molar-refractivity contribution is 4.96. The van der Waals surface area contributed by atoms with Gasteiger partial charge in [0.25, 0.3) is 0 Å². The average molecular weight is 211 g/mol. The van der Waals surface area contributed by atoms with Crippen molar-refractivity contribution in [2.24, 2.45) is 5.41 Å².